The van der Waals surface area contributed by atoms with Gasteiger partial charge in [-0.1, -0.05) is 0 Å². The second-order valence-electron chi connectivity index (χ2n) is 7.74. The monoisotopic (exact) mass is 511 g/mol. The Hall–Kier alpha value is -5.08. The number of aromatic nitrogens is 4. The van der Waals surface area contributed by atoms with Crippen molar-refractivity contribution in [2.45, 2.75) is 25.4 Å². The maximum atomic E-state index is 12.5. The van der Waals surface area contributed by atoms with Crippen molar-refractivity contribution >= 4 is 47.0 Å². The van der Waals surface area contributed by atoms with Crippen LogP contribution in [0.4, 0.5) is 11.6 Å². The number of nitrogens with one attached hydrogen (secondary N) is 5. The largest absolute Gasteiger partial charge is 0.480 e. The zero-order valence-electron chi connectivity index (χ0n) is 19.5. The van der Waals surface area contributed by atoms with E-state index in [1.165, 1.54) is 18.3 Å². The average Bonchev–Trinajstić information content (AvgIpc) is 2.88. The minimum Gasteiger partial charge on any atom is -0.480 e. The van der Waals surface area contributed by atoms with Gasteiger partial charge in [0, 0.05) is 30.8 Å². The number of hydrogen-bond donors (Lipinski definition) is 7. The summed E-state index contributed by atoms with van der Waals surface area (Å²) in [5, 5.41) is 19.8. The molecule has 15 heteroatoms. The van der Waals surface area contributed by atoms with Crippen LogP contribution in [0.5, 0.6) is 0 Å². The van der Waals surface area contributed by atoms with E-state index in [2.05, 4.69) is 41.2 Å². The second kappa shape index (κ2) is 12.6. The van der Waals surface area contributed by atoms with E-state index in [0.717, 1.165) is 0 Å². The van der Waals surface area contributed by atoms with Crippen LogP contribution in [0.1, 0.15) is 28.9 Å². The first-order valence-electron chi connectivity index (χ1n) is 11.1. The van der Waals surface area contributed by atoms with Crippen LogP contribution in [0.2, 0.25) is 0 Å². The summed E-state index contributed by atoms with van der Waals surface area (Å²) in [6.45, 7) is 0.689. The number of carboxylic acids is 1. The zero-order valence-corrected chi connectivity index (χ0v) is 19.5. The number of rotatable bonds is 13. The molecule has 37 heavy (non-hydrogen) atoms. The van der Waals surface area contributed by atoms with Crippen LogP contribution in [-0.4, -0.2) is 68.4 Å². The van der Waals surface area contributed by atoms with E-state index in [1.54, 1.807) is 12.1 Å². The van der Waals surface area contributed by atoms with Crippen molar-refractivity contribution in [1.29, 1.82) is 0 Å². The van der Waals surface area contributed by atoms with Gasteiger partial charge < -0.3 is 32.1 Å². The molecule has 8 N–H and O–H groups in total. The summed E-state index contributed by atoms with van der Waals surface area (Å²) >= 11 is 0. The third-order valence-electron chi connectivity index (χ3n) is 5.05. The molecule has 0 saturated carbocycles. The zero-order chi connectivity index (χ0) is 26.8. The standard InChI is InChI=1S/C22H25N9O6/c23-22-30-18-17(20(35)31-22)28-14(10-27-18)9-26-13-3-1-12(2-4-13)19(34)29-15(21(36)37)5-6-16(33)25-8-7-24-11-32/h1-4,10-11,15,26H,5-9H2,(H,24,32)(H,25,33)(H,29,34)(H,36,37)(H3,23,27,30,31,35). The number of nitrogens with two attached hydrogens (primary N) is 1. The Balaban J connectivity index is 1.53. The molecule has 1 unspecified atom stereocenters. The maximum Gasteiger partial charge on any atom is 0.326 e. The molecule has 0 fully saturated rings. The molecule has 2 aromatic heterocycles. The Morgan fingerprint density at radius 1 is 1.14 bits per heavy atom. The van der Waals surface area contributed by atoms with Gasteiger partial charge in [0.1, 0.15) is 6.04 Å². The minimum atomic E-state index is -1.27. The molecule has 0 saturated heterocycles. The topological polar surface area (TPSA) is 234 Å². The molecule has 0 aliphatic carbocycles. The van der Waals surface area contributed by atoms with Crippen molar-refractivity contribution in [2.24, 2.45) is 0 Å². The summed E-state index contributed by atoms with van der Waals surface area (Å²) in [6, 6.07) is 4.99. The lowest BCUT2D eigenvalue weighted by Gasteiger charge is -2.15. The van der Waals surface area contributed by atoms with Crippen LogP contribution < -0.4 is 32.6 Å². The molecule has 1 atom stereocenters. The summed E-state index contributed by atoms with van der Waals surface area (Å²) in [4.78, 5) is 72.6. The lowest BCUT2D eigenvalue weighted by atomic mass is 10.1. The van der Waals surface area contributed by atoms with E-state index < -0.39 is 29.4 Å². The second-order valence-corrected chi connectivity index (χ2v) is 7.74. The highest BCUT2D eigenvalue weighted by molar-refractivity contribution is 5.97. The van der Waals surface area contributed by atoms with E-state index in [9.17, 15) is 29.1 Å². The van der Waals surface area contributed by atoms with Gasteiger partial charge >= 0.3 is 5.97 Å². The molecule has 0 radical (unpaired) electrons. The third-order valence-corrected chi connectivity index (χ3v) is 5.05. The first-order valence-corrected chi connectivity index (χ1v) is 11.1. The molecule has 3 rings (SSSR count). The van der Waals surface area contributed by atoms with Crippen LogP contribution in [0.25, 0.3) is 11.2 Å². The van der Waals surface area contributed by atoms with Crippen LogP contribution in [0.15, 0.2) is 35.3 Å². The number of fused-ring (bicyclic) bond motifs is 1. The molecular weight excluding hydrogens is 486 g/mol. The highest BCUT2D eigenvalue weighted by atomic mass is 16.4. The Morgan fingerprint density at radius 2 is 1.89 bits per heavy atom. The Labute approximate surface area is 209 Å². The fraction of sp³-hybridized carbons (Fsp3) is 0.273. The van der Waals surface area contributed by atoms with Gasteiger partial charge in [-0.05, 0) is 30.7 Å². The number of aliphatic carboxylic acids is 1. The minimum absolute atomic E-state index is 0.0536. The van der Waals surface area contributed by atoms with Gasteiger partial charge in [0.05, 0.1) is 18.4 Å². The first-order chi connectivity index (χ1) is 17.8. The number of aromatic amines is 1. The number of carboxylic acid groups (broad SMARTS) is 1. The number of anilines is 2. The van der Waals surface area contributed by atoms with Gasteiger partial charge in [0.15, 0.2) is 11.2 Å². The van der Waals surface area contributed by atoms with Crippen LogP contribution in [-0.2, 0) is 20.9 Å². The predicted molar refractivity (Wildman–Crippen MR) is 131 cm³/mol. The van der Waals surface area contributed by atoms with Crippen LogP contribution >= 0.6 is 0 Å². The smallest absolute Gasteiger partial charge is 0.326 e. The number of carbonyl (C=O) groups excluding carboxylic acids is 3. The molecular formula is C22H25N9O6. The number of nitrogens with zero attached hydrogens (tertiary/aromatic N) is 3. The molecule has 0 spiro atoms. The average molecular weight is 511 g/mol. The molecule has 3 aromatic rings. The van der Waals surface area contributed by atoms with Crippen molar-refractivity contribution in [1.82, 2.24) is 35.9 Å². The van der Waals surface area contributed by atoms with Gasteiger partial charge in [-0.2, -0.15) is 4.98 Å². The van der Waals surface area contributed by atoms with Gasteiger partial charge in [-0.15, -0.1) is 0 Å². The Bertz CT molecular complexity index is 1340. The fourth-order valence-corrected chi connectivity index (χ4v) is 3.18. The highest BCUT2D eigenvalue weighted by Gasteiger charge is 2.21. The van der Waals surface area contributed by atoms with E-state index in [4.69, 9.17) is 5.73 Å². The number of amides is 3. The summed E-state index contributed by atoms with van der Waals surface area (Å²) in [7, 11) is 0. The van der Waals surface area contributed by atoms with E-state index in [1.807, 2.05) is 0 Å². The summed E-state index contributed by atoms with van der Waals surface area (Å²) < 4.78 is 0. The molecule has 3 amide bonds. The molecule has 2 heterocycles. The summed E-state index contributed by atoms with van der Waals surface area (Å²) in [5.74, 6) is -2.33. The molecule has 0 aliphatic rings. The quantitative estimate of drug-likeness (QED) is 0.106. The normalized spacial score (nSPS) is 11.4. The van der Waals surface area contributed by atoms with Crippen molar-refractivity contribution < 1.29 is 24.3 Å². The van der Waals surface area contributed by atoms with E-state index >= 15 is 0 Å². The molecule has 1 aromatic carbocycles. The SMILES string of the molecule is Nc1nc2ncc(CNc3ccc(C(=O)NC(CCC(=O)NCCNC=O)C(=O)O)cc3)nc2c(=O)[nH]1. The van der Waals surface area contributed by atoms with Crippen molar-refractivity contribution in [3.05, 3.63) is 52.1 Å². The number of H-pyrrole nitrogens is 1. The van der Waals surface area contributed by atoms with Crippen molar-refractivity contribution in [3.8, 4) is 0 Å². The molecule has 0 aliphatic heterocycles. The fourth-order valence-electron chi connectivity index (χ4n) is 3.18. The third kappa shape index (κ3) is 7.71. The highest BCUT2D eigenvalue weighted by Crippen LogP contribution is 2.12. The lowest BCUT2D eigenvalue weighted by Crippen LogP contribution is -2.42. The van der Waals surface area contributed by atoms with Crippen molar-refractivity contribution in [3.63, 3.8) is 0 Å². The van der Waals surface area contributed by atoms with Crippen molar-refractivity contribution in [2.75, 3.05) is 24.1 Å². The van der Waals surface area contributed by atoms with Gasteiger partial charge in [-0.25, -0.2) is 14.8 Å². The number of carbonyl (C=O) groups is 4. The summed E-state index contributed by atoms with van der Waals surface area (Å²) in [6.07, 6.45) is 1.74. The van der Waals surface area contributed by atoms with E-state index in [-0.39, 0.29) is 55.2 Å². The summed E-state index contributed by atoms with van der Waals surface area (Å²) in [5.41, 5.74) is 6.51. The van der Waals surface area contributed by atoms with Crippen LogP contribution in [0.3, 0.4) is 0 Å². The Morgan fingerprint density at radius 3 is 2.59 bits per heavy atom. The maximum absolute atomic E-state index is 12.5. The van der Waals surface area contributed by atoms with Crippen LogP contribution in [0, 0.1) is 0 Å². The molecule has 194 valence electrons. The Kier molecular flexibility index (Phi) is 9.01. The van der Waals surface area contributed by atoms with Gasteiger partial charge in [0.2, 0.25) is 18.3 Å². The predicted octanol–water partition coefficient (Wildman–Crippen LogP) is -1.27. The number of nitrogen functional groups attached to an aromatic ring is 1. The first kappa shape index (κ1) is 26.5. The number of hydrogen-bond acceptors (Lipinski definition) is 10. The van der Waals surface area contributed by atoms with Gasteiger partial charge in [-0.3, -0.25) is 24.2 Å². The lowest BCUT2D eigenvalue weighted by molar-refractivity contribution is -0.139. The number of benzene rings is 1. The molecule has 15 nitrogen and oxygen atoms in total. The molecule has 0 bridgehead atoms. The van der Waals surface area contributed by atoms with E-state index in [0.29, 0.717) is 17.8 Å². The van der Waals surface area contributed by atoms with Gasteiger partial charge in [0.25, 0.3) is 11.5 Å².